The Balaban J connectivity index is 1.29. The summed E-state index contributed by atoms with van der Waals surface area (Å²) in [5, 5.41) is 27.3. The number of carbonyl (C=O) groups is 1. The Morgan fingerprint density at radius 1 is 1.20 bits per heavy atom. The predicted octanol–water partition coefficient (Wildman–Crippen LogP) is 3.24. The molecule has 0 bridgehead atoms. The van der Waals surface area contributed by atoms with E-state index in [0.717, 1.165) is 11.5 Å². The van der Waals surface area contributed by atoms with Gasteiger partial charge in [-0.05, 0) is 53.5 Å². The fourth-order valence-corrected chi connectivity index (χ4v) is 9.17. The van der Waals surface area contributed by atoms with Gasteiger partial charge < -0.3 is 24.4 Å². The number of fused-ring (bicyclic) bond motifs is 1. The van der Waals surface area contributed by atoms with Gasteiger partial charge in [0.05, 0.1) is 57.5 Å². The third-order valence-corrected chi connectivity index (χ3v) is 12.0. The number of aliphatic hydroxyl groups is 1. The van der Waals surface area contributed by atoms with Crippen molar-refractivity contribution in [2.75, 3.05) is 50.9 Å². The van der Waals surface area contributed by atoms with Gasteiger partial charge in [-0.25, -0.2) is 13.4 Å². The largest absolute Gasteiger partial charge is 0.444 e. The van der Waals surface area contributed by atoms with Gasteiger partial charge in [-0.3, -0.25) is 10.1 Å². The van der Waals surface area contributed by atoms with Crippen molar-refractivity contribution >= 4 is 21.7 Å². The minimum atomic E-state index is -2.39. The molecule has 2 N–H and O–H groups in total. The Morgan fingerprint density at radius 3 is 2.45 bits per heavy atom. The van der Waals surface area contributed by atoms with E-state index in [4.69, 9.17) is 18.8 Å². The standard InChI is InChI=1S/C31H47N7O5S/c1-27(2,3)43-26(39)38-12-9-23(10-13-38)36-44(41)16-14-37(15-17-44)24-8-11-29(6)30(7,25-22(18-32)19-33-35-25)31(29,34-24)21-42-20-28(4,5)40/h8,11,19,23,40H,9-10,12-17,20-21H2,1-7H3,(H,33,35)/t29?,30-,31?/m1/s1. The molecule has 5 rings (SSSR count). The van der Waals surface area contributed by atoms with Crippen LogP contribution in [0.5, 0.6) is 0 Å². The third-order valence-electron chi connectivity index (χ3n) is 9.70. The molecule has 0 aromatic carbocycles. The molecule has 0 spiro atoms. The molecule has 1 aromatic rings. The number of aliphatic imine (C=N–C) groups is 1. The molecule has 2 unspecified atom stereocenters. The molecule has 12 nitrogen and oxygen atoms in total. The molecule has 1 saturated carbocycles. The van der Waals surface area contributed by atoms with E-state index in [2.05, 4.69) is 41.1 Å². The van der Waals surface area contributed by atoms with Gasteiger partial charge in [0, 0.05) is 43.1 Å². The summed E-state index contributed by atoms with van der Waals surface area (Å²) in [7, 11) is -2.39. The molecule has 4 heterocycles. The molecule has 3 atom stereocenters. The van der Waals surface area contributed by atoms with Crippen LogP contribution in [0.4, 0.5) is 4.79 Å². The second-order valence-corrected chi connectivity index (χ2v) is 17.1. The molecular formula is C31H47N7O5S. The number of nitrogens with one attached hydrogen (secondary N) is 1. The van der Waals surface area contributed by atoms with E-state index in [-0.39, 0.29) is 25.3 Å². The van der Waals surface area contributed by atoms with Gasteiger partial charge in [0.15, 0.2) is 0 Å². The third kappa shape index (κ3) is 5.76. The van der Waals surface area contributed by atoms with Gasteiger partial charge >= 0.3 is 6.09 Å². The number of aromatic nitrogens is 2. The first-order chi connectivity index (χ1) is 20.5. The maximum atomic E-state index is 13.8. The van der Waals surface area contributed by atoms with E-state index in [1.54, 1.807) is 24.9 Å². The summed E-state index contributed by atoms with van der Waals surface area (Å²) in [6.45, 7) is 15.8. The molecule has 242 valence electrons. The maximum Gasteiger partial charge on any atom is 0.410 e. The van der Waals surface area contributed by atoms with E-state index in [0.29, 0.717) is 56.1 Å². The van der Waals surface area contributed by atoms with Gasteiger partial charge in [-0.2, -0.15) is 10.4 Å². The summed E-state index contributed by atoms with van der Waals surface area (Å²) >= 11 is 0. The molecule has 3 fully saturated rings. The number of hydrogen-bond donors (Lipinski definition) is 2. The number of aromatic amines is 1. The summed E-state index contributed by atoms with van der Waals surface area (Å²) in [6.07, 6.45) is 6.77. The number of ether oxygens (including phenoxy) is 2. The average Bonchev–Trinajstić information content (AvgIpc) is 3.22. The molecule has 13 heteroatoms. The number of amides is 1. The number of carbonyl (C=O) groups excluding carboxylic acids is 1. The first-order valence-electron chi connectivity index (χ1n) is 15.4. The number of hydrogen-bond acceptors (Lipinski definition) is 10. The summed E-state index contributed by atoms with van der Waals surface area (Å²) in [5.41, 5.74) is -2.09. The van der Waals surface area contributed by atoms with Crippen molar-refractivity contribution in [3.05, 3.63) is 29.6 Å². The van der Waals surface area contributed by atoms with Crippen molar-refractivity contribution in [3.8, 4) is 6.07 Å². The lowest BCUT2D eigenvalue weighted by Gasteiger charge is -2.35. The highest BCUT2D eigenvalue weighted by Gasteiger charge is 2.84. The number of rotatable bonds is 6. The molecule has 1 aromatic heterocycles. The molecule has 3 aliphatic heterocycles. The fraction of sp³-hybridized carbons (Fsp3) is 0.742. The second kappa shape index (κ2) is 11.1. The zero-order valence-electron chi connectivity index (χ0n) is 27.1. The Kier molecular flexibility index (Phi) is 8.21. The Hall–Kier alpha value is -2.95. The highest BCUT2D eigenvalue weighted by Crippen LogP contribution is 2.76. The smallest absolute Gasteiger partial charge is 0.410 e. The van der Waals surface area contributed by atoms with Crippen molar-refractivity contribution < 1.29 is 23.6 Å². The first kappa shape index (κ1) is 32.4. The van der Waals surface area contributed by atoms with E-state index in [9.17, 15) is 19.4 Å². The van der Waals surface area contributed by atoms with Crippen LogP contribution < -0.4 is 0 Å². The Morgan fingerprint density at radius 2 is 1.86 bits per heavy atom. The van der Waals surface area contributed by atoms with Crippen molar-refractivity contribution in [2.45, 2.75) is 89.5 Å². The van der Waals surface area contributed by atoms with E-state index in [1.807, 2.05) is 26.8 Å². The molecule has 1 amide bonds. The van der Waals surface area contributed by atoms with Crippen molar-refractivity contribution in [1.29, 1.82) is 5.26 Å². The van der Waals surface area contributed by atoms with Gasteiger partial charge in [0.1, 0.15) is 23.0 Å². The van der Waals surface area contributed by atoms with Crippen LogP contribution in [0.15, 0.2) is 27.7 Å². The SMILES string of the molecule is CC(C)(O)COCC12N=C(N3CCS(=O)(=NC4CCN(C(=O)OC(C)(C)C)CC4)CC3)C=CC1(C)[C@@]2(C)c1[nH]ncc1C#N. The quantitative estimate of drug-likeness (QED) is 0.486. The minimum Gasteiger partial charge on any atom is -0.444 e. The van der Waals surface area contributed by atoms with Crippen LogP contribution >= 0.6 is 0 Å². The zero-order valence-corrected chi connectivity index (χ0v) is 27.9. The van der Waals surface area contributed by atoms with E-state index < -0.39 is 37.3 Å². The summed E-state index contributed by atoms with van der Waals surface area (Å²) in [4.78, 5) is 21.6. The lowest BCUT2D eigenvalue weighted by atomic mass is 9.90. The van der Waals surface area contributed by atoms with Gasteiger partial charge in [0.2, 0.25) is 0 Å². The molecule has 1 aliphatic carbocycles. The predicted molar refractivity (Wildman–Crippen MR) is 168 cm³/mol. The van der Waals surface area contributed by atoms with Gasteiger partial charge in [0.25, 0.3) is 0 Å². The number of dihydropyridines is 1. The number of piperidine rings is 1. The van der Waals surface area contributed by atoms with Crippen molar-refractivity contribution in [1.82, 2.24) is 20.0 Å². The number of likely N-dealkylation sites (tertiary alicyclic amines) is 1. The highest BCUT2D eigenvalue weighted by molar-refractivity contribution is 7.93. The molecule has 0 radical (unpaired) electrons. The van der Waals surface area contributed by atoms with Crippen molar-refractivity contribution in [2.24, 2.45) is 14.8 Å². The summed E-state index contributed by atoms with van der Waals surface area (Å²) < 4.78 is 30.2. The van der Waals surface area contributed by atoms with Crippen LogP contribution in [0.1, 0.15) is 72.6 Å². The van der Waals surface area contributed by atoms with Crippen LogP contribution in [0.2, 0.25) is 0 Å². The monoisotopic (exact) mass is 629 g/mol. The summed E-state index contributed by atoms with van der Waals surface area (Å²) in [5.74, 6) is 1.69. The van der Waals surface area contributed by atoms with Gasteiger partial charge in [-0.15, -0.1) is 0 Å². The lowest BCUT2D eigenvalue weighted by Crippen LogP contribution is -2.46. The fourth-order valence-electron chi connectivity index (χ4n) is 6.99. The van der Waals surface area contributed by atoms with Crippen LogP contribution in [0.3, 0.4) is 0 Å². The average molecular weight is 630 g/mol. The van der Waals surface area contributed by atoms with Crippen LogP contribution in [0, 0.1) is 16.7 Å². The van der Waals surface area contributed by atoms with Crippen molar-refractivity contribution in [3.63, 3.8) is 0 Å². The topological polar surface area (TPSA) is 157 Å². The number of nitriles is 1. The zero-order chi connectivity index (χ0) is 32.2. The lowest BCUT2D eigenvalue weighted by molar-refractivity contribution is -0.0288. The normalized spacial score (nSPS) is 30.3. The first-order valence-corrected chi connectivity index (χ1v) is 17.3. The maximum absolute atomic E-state index is 13.8. The molecular weight excluding hydrogens is 582 g/mol. The number of nitrogens with zero attached hydrogens (tertiary/aromatic N) is 6. The van der Waals surface area contributed by atoms with E-state index >= 15 is 0 Å². The Labute approximate surface area is 261 Å². The minimum absolute atomic E-state index is 0.0348. The number of amidine groups is 1. The molecule has 44 heavy (non-hydrogen) atoms. The Bertz CT molecular complexity index is 1490. The number of H-pyrrole nitrogens is 1. The second-order valence-electron chi connectivity index (χ2n) is 14.5. The highest BCUT2D eigenvalue weighted by atomic mass is 32.2. The van der Waals surface area contributed by atoms with Crippen LogP contribution in [0.25, 0.3) is 0 Å². The van der Waals surface area contributed by atoms with Crippen LogP contribution in [-0.4, -0.2) is 115 Å². The van der Waals surface area contributed by atoms with Crippen LogP contribution in [-0.2, 0) is 24.6 Å². The van der Waals surface area contributed by atoms with E-state index in [1.165, 1.54) is 0 Å². The van der Waals surface area contributed by atoms with Gasteiger partial charge in [-0.1, -0.05) is 19.9 Å². The molecule has 4 aliphatic rings. The molecule has 2 saturated heterocycles. The summed E-state index contributed by atoms with van der Waals surface area (Å²) in [6, 6.07) is 2.22.